The molecule has 0 aliphatic heterocycles. The summed E-state index contributed by atoms with van der Waals surface area (Å²) in [5.41, 5.74) is 2.60. The lowest BCUT2D eigenvalue weighted by Crippen LogP contribution is -2.19. The van der Waals surface area contributed by atoms with Crippen LogP contribution in [-0.2, 0) is 11.0 Å². The second-order valence-electron chi connectivity index (χ2n) is 3.65. The summed E-state index contributed by atoms with van der Waals surface area (Å²) in [6.45, 7) is 0. The maximum atomic E-state index is 13.5. The number of rotatable bonds is 3. The van der Waals surface area contributed by atoms with Crippen LogP contribution in [0.2, 0.25) is 5.02 Å². The van der Waals surface area contributed by atoms with Crippen LogP contribution in [0.15, 0.2) is 6.07 Å². The number of carboxylic acid groups (broad SMARTS) is 1. The van der Waals surface area contributed by atoms with Crippen molar-refractivity contribution in [3.63, 3.8) is 0 Å². The second-order valence-corrected chi connectivity index (χ2v) is 4.06. The van der Waals surface area contributed by atoms with Gasteiger partial charge in [0.05, 0.1) is 12.0 Å². The van der Waals surface area contributed by atoms with Gasteiger partial charge in [0.2, 0.25) is 0 Å². The van der Waals surface area contributed by atoms with Crippen molar-refractivity contribution in [3.8, 4) is 0 Å². The Balaban J connectivity index is 3.38. The maximum absolute atomic E-state index is 13.5. The van der Waals surface area contributed by atoms with E-state index in [9.17, 15) is 26.7 Å². The first kappa shape index (κ1) is 15.6. The van der Waals surface area contributed by atoms with Crippen LogP contribution < -0.4 is 5.73 Å². The molecule has 1 aromatic carbocycles. The lowest BCUT2D eigenvalue weighted by Gasteiger charge is -2.16. The monoisotopic (exact) mass is 303 g/mol. The molecule has 0 fully saturated rings. The zero-order valence-corrected chi connectivity index (χ0v) is 9.82. The number of alkyl halides is 3. The molecule has 0 heterocycles. The minimum absolute atomic E-state index is 0.178. The van der Waals surface area contributed by atoms with Crippen molar-refractivity contribution in [2.24, 2.45) is 5.73 Å². The number of nitrogens with two attached hydrogens (primary N) is 1. The highest BCUT2D eigenvalue weighted by Crippen LogP contribution is 2.38. The Morgan fingerprint density at radius 1 is 1.37 bits per heavy atom. The molecule has 1 rings (SSSR count). The minimum Gasteiger partial charge on any atom is -0.481 e. The number of hydrogen-bond acceptors (Lipinski definition) is 2. The fraction of sp³-hybridized carbons (Fsp3) is 0.300. The largest absolute Gasteiger partial charge is 0.481 e. The molecule has 0 saturated carbocycles. The molecule has 0 aromatic heterocycles. The Hall–Kier alpha value is -1.41. The summed E-state index contributed by atoms with van der Waals surface area (Å²) in [5.74, 6) is -5.48. The summed E-state index contributed by atoms with van der Waals surface area (Å²) in [7, 11) is 0. The number of carboxylic acids is 1. The van der Waals surface area contributed by atoms with Crippen LogP contribution in [0.5, 0.6) is 0 Å². The van der Waals surface area contributed by atoms with E-state index in [1.54, 1.807) is 0 Å². The van der Waals surface area contributed by atoms with Gasteiger partial charge in [0, 0.05) is 16.6 Å². The molecule has 19 heavy (non-hydrogen) atoms. The first-order valence-electron chi connectivity index (χ1n) is 4.77. The van der Waals surface area contributed by atoms with Gasteiger partial charge in [-0.15, -0.1) is 0 Å². The number of hydrogen-bond donors (Lipinski definition) is 2. The summed E-state index contributed by atoms with van der Waals surface area (Å²) >= 11 is 5.41. The first-order chi connectivity index (χ1) is 8.55. The van der Waals surface area contributed by atoms with Crippen LogP contribution >= 0.6 is 11.6 Å². The van der Waals surface area contributed by atoms with Gasteiger partial charge in [-0.2, -0.15) is 13.2 Å². The SMILES string of the molecule is NC(CC(=O)O)c1c(Cl)cc(C(F)(F)F)c(F)c1F. The van der Waals surface area contributed by atoms with Crippen molar-refractivity contribution >= 4 is 17.6 Å². The molecule has 1 atom stereocenters. The summed E-state index contributed by atoms with van der Waals surface area (Å²) < 4.78 is 63.9. The first-order valence-corrected chi connectivity index (χ1v) is 5.15. The van der Waals surface area contributed by atoms with Crippen LogP contribution in [0, 0.1) is 11.6 Å². The van der Waals surface area contributed by atoms with Crippen molar-refractivity contribution in [1.82, 2.24) is 0 Å². The van der Waals surface area contributed by atoms with E-state index in [0.717, 1.165) is 0 Å². The lowest BCUT2D eigenvalue weighted by atomic mass is 10.0. The van der Waals surface area contributed by atoms with Crippen molar-refractivity contribution in [2.75, 3.05) is 0 Å². The van der Waals surface area contributed by atoms with E-state index >= 15 is 0 Å². The molecular weight excluding hydrogens is 297 g/mol. The topological polar surface area (TPSA) is 63.3 Å². The number of halogens is 6. The number of carbonyl (C=O) groups is 1. The Labute approximate surface area is 108 Å². The molecule has 1 unspecified atom stereocenters. The van der Waals surface area contributed by atoms with E-state index in [1.165, 1.54) is 0 Å². The molecular formula is C10H7ClF5NO2. The van der Waals surface area contributed by atoms with E-state index in [2.05, 4.69) is 0 Å². The minimum atomic E-state index is -5.12. The van der Waals surface area contributed by atoms with E-state index in [-0.39, 0.29) is 6.07 Å². The molecule has 9 heteroatoms. The third-order valence-corrected chi connectivity index (χ3v) is 2.58. The van der Waals surface area contributed by atoms with Crippen LogP contribution in [0.3, 0.4) is 0 Å². The molecule has 0 aliphatic rings. The summed E-state index contributed by atoms with van der Waals surface area (Å²) in [4.78, 5) is 10.4. The smallest absolute Gasteiger partial charge is 0.419 e. The average Bonchev–Trinajstić information content (AvgIpc) is 2.20. The fourth-order valence-corrected chi connectivity index (χ4v) is 1.78. The summed E-state index contributed by atoms with van der Waals surface area (Å²) in [5, 5.41) is 7.68. The highest BCUT2D eigenvalue weighted by molar-refractivity contribution is 6.31. The Morgan fingerprint density at radius 3 is 2.32 bits per heavy atom. The molecule has 106 valence electrons. The third kappa shape index (κ3) is 3.32. The third-order valence-electron chi connectivity index (χ3n) is 2.26. The molecule has 0 radical (unpaired) electrons. The van der Waals surface area contributed by atoms with E-state index in [4.69, 9.17) is 22.4 Å². The summed E-state index contributed by atoms with van der Waals surface area (Å²) in [6.07, 6.45) is -5.93. The Bertz CT molecular complexity index is 518. The zero-order chi connectivity index (χ0) is 15.0. The molecule has 1 aromatic rings. The molecule has 0 saturated heterocycles. The molecule has 0 amide bonds. The molecule has 0 spiro atoms. The van der Waals surface area contributed by atoms with Crippen LogP contribution in [-0.4, -0.2) is 11.1 Å². The predicted octanol–water partition coefficient (Wildman–Crippen LogP) is 3.11. The quantitative estimate of drug-likeness (QED) is 0.666. The maximum Gasteiger partial charge on any atom is 0.419 e. The van der Waals surface area contributed by atoms with E-state index in [1.807, 2.05) is 0 Å². The Morgan fingerprint density at radius 2 is 1.89 bits per heavy atom. The van der Waals surface area contributed by atoms with Crippen LogP contribution in [0.1, 0.15) is 23.6 Å². The van der Waals surface area contributed by atoms with Gasteiger partial charge in [-0.1, -0.05) is 11.6 Å². The number of aliphatic carboxylic acids is 1. The molecule has 3 nitrogen and oxygen atoms in total. The highest BCUT2D eigenvalue weighted by atomic mass is 35.5. The van der Waals surface area contributed by atoms with Gasteiger partial charge in [-0.3, -0.25) is 4.79 Å². The van der Waals surface area contributed by atoms with Gasteiger partial charge in [0.1, 0.15) is 0 Å². The summed E-state index contributed by atoms with van der Waals surface area (Å²) in [6, 6.07) is -1.38. The number of benzene rings is 1. The normalized spacial score (nSPS) is 13.4. The fourth-order valence-electron chi connectivity index (χ4n) is 1.45. The molecule has 3 N–H and O–H groups in total. The van der Waals surface area contributed by atoms with Crippen LogP contribution in [0.25, 0.3) is 0 Å². The van der Waals surface area contributed by atoms with Crippen LogP contribution in [0.4, 0.5) is 22.0 Å². The lowest BCUT2D eigenvalue weighted by molar-refractivity contribution is -0.140. The van der Waals surface area contributed by atoms with Crippen molar-refractivity contribution in [2.45, 2.75) is 18.6 Å². The Kier molecular flexibility index (Phi) is 4.36. The average molecular weight is 304 g/mol. The van der Waals surface area contributed by atoms with E-state index in [0.29, 0.717) is 0 Å². The zero-order valence-electron chi connectivity index (χ0n) is 9.06. The van der Waals surface area contributed by atoms with Crippen molar-refractivity contribution in [3.05, 3.63) is 33.9 Å². The standard InChI is InChI=1S/C10H7ClF5NO2/c11-4-1-3(10(14,15)16)8(12)9(13)7(4)5(17)2-6(18)19/h1,5H,2,17H2,(H,18,19). The predicted molar refractivity (Wildman–Crippen MR) is 55.6 cm³/mol. The van der Waals surface area contributed by atoms with Gasteiger partial charge >= 0.3 is 12.1 Å². The second kappa shape index (κ2) is 5.30. The van der Waals surface area contributed by atoms with Gasteiger partial charge in [0.25, 0.3) is 0 Å². The molecule has 0 aliphatic carbocycles. The van der Waals surface area contributed by atoms with E-state index < -0.39 is 52.4 Å². The van der Waals surface area contributed by atoms with Crippen molar-refractivity contribution < 1.29 is 31.9 Å². The van der Waals surface area contributed by atoms with Crippen molar-refractivity contribution in [1.29, 1.82) is 0 Å². The van der Waals surface area contributed by atoms with Gasteiger partial charge < -0.3 is 10.8 Å². The molecule has 0 bridgehead atoms. The highest BCUT2D eigenvalue weighted by Gasteiger charge is 2.37. The van der Waals surface area contributed by atoms with Gasteiger partial charge in [0.15, 0.2) is 11.6 Å². The van der Waals surface area contributed by atoms with Gasteiger partial charge in [-0.05, 0) is 6.07 Å². The van der Waals surface area contributed by atoms with Gasteiger partial charge in [-0.25, -0.2) is 8.78 Å².